The minimum Gasteiger partial charge on any atom is -0.493 e. The highest BCUT2D eigenvalue weighted by Gasteiger charge is 2.23. The summed E-state index contributed by atoms with van der Waals surface area (Å²) >= 11 is 7.64. The Balaban J connectivity index is 1.23. The van der Waals surface area contributed by atoms with Crippen LogP contribution >= 0.6 is 22.9 Å². The number of benzene rings is 2. The molecule has 39 heavy (non-hydrogen) atoms. The van der Waals surface area contributed by atoms with Crippen LogP contribution in [0.3, 0.4) is 0 Å². The molecule has 11 heteroatoms. The van der Waals surface area contributed by atoms with E-state index in [9.17, 15) is 14.0 Å². The maximum Gasteiger partial charge on any atom is 0.262 e. The van der Waals surface area contributed by atoms with E-state index in [1.807, 2.05) is 0 Å². The van der Waals surface area contributed by atoms with Gasteiger partial charge in [0.1, 0.15) is 23.8 Å². The van der Waals surface area contributed by atoms with Crippen LogP contribution in [0.4, 0.5) is 4.39 Å². The van der Waals surface area contributed by atoms with E-state index in [1.54, 1.807) is 35.6 Å². The van der Waals surface area contributed by atoms with E-state index >= 15 is 0 Å². The van der Waals surface area contributed by atoms with Crippen molar-refractivity contribution in [3.8, 4) is 11.5 Å². The van der Waals surface area contributed by atoms with Crippen LogP contribution in [-0.4, -0.2) is 28.8 Å². The summed E-state index contributed by atoms with van der Waals surface area (Å²) in [6.45, 7) is 1.94. The number of aromatic nitrogens is 2. The smallest absolute Gasteiger partial charge is 0.262 e. The lowest BCUT2D eigenvalue weighted by Crippen LogP contribution is -2.30. The molecule has 4 aromatic rings. The summed E-state index contributed by atoms with van der Waals surface area (Å²) in [6.07, 6.45) is 5.72. The maximum atomic E-state index is 14.0. The Morgan fingerprint density at radius 2 is 2.18 bits per heavy atom. The van der Waals surface area contributed by atoms with Crippen LogP contribution < -0.4 is 20.5 Å². The fourth-order valence-corrected chi connectivity index (χ4v) is 6.11. The number of amides is 1. The lowest BCUT2D eigenvalue weighted by atomic mass is 9.89. The number of rotatable bonds is 8. The van der Waals surface area contributed by atoms with Gasteiger partial charge in [0.05, 0.1) is 30.1 Å². The van der Waals surface area contributed by atoms with Crippen molar-refractivity contribution in [1.29, 1.82) is 0 Å². The van der Waals surface area contributed by atoms with E-state index < -0.39 is 11.7 Å². The fourth-order valence-electron chi connectivity index (χ4n) is 4.55. The minimum absolute atomic E-state index is 0.0707. The highest BCUT2D eigenvalue weighted by Crippen LogP contribution is 2.35. The third-order valence-electron chi connectivity index (χ3n) is 6.62. The van der Waals surface area contributed by atoms with Gasteiger partial charge in [0.2, 0.25) is 0 Å². The van der Waals surface area contributed by atoms with E-state index in [4.69, 9.17) is 21.1 Å². The number of nitrogens with zero attached hydrogens (tertiary/aromatic N) is 3. The van der Waals surface area contributed by atoms with Crippen molar-refractivity contribution in [1.82, 2.24) is 15.0 Å². The molecule has 1 amide bonds. The number of thiophene rings is 1. The van der Waals surface area contributed by atoms with Crippen LogP contribution in [0.25, 0.3) is 10.2 Å². The largest absolute Gasteiger partial charge is 0.493 e. The summed E-state index contributed by atoms with van der Waals surface area (Å²) < 4.78 is 26.4. The van der Waals surface area contributed by atoms with Crippen LogP contribution in [0.2, 0.25) is 5.02 Å². The summed E-state index contributed by atoms with van der Waals surface area (Å²) in [5.74, 6) is 0.477. The molecule has 0 bridgehead atoms. The number of halogens is 2. The second kappa shape index (κ2) is 11.5. The van der Waals surface area contributed by atoms with Gasteiger partial charge in [-0.2, -0.15) is 5.10 Å². The molecule has 0 spiro atoms. The zero-order valence-electron chi connectivity index (χ0n) is 21.4. The van der Waals surface area contributed by atoms with Crippen LogP contribution in [0.1, 0.15) is 34.9 Å². The summed E-state index contributed by atoms with van der Waals surface area (Å²) in [6, 6.07) is 9.46. The molecule has 1 unspecified atom stereocenters. The molecule has 0 radical (unpaired) electrons. The molecule has 1 aliphatic carbocycles. The van der Waals surface area contributed by atoms with Gasteiger partial charge in [-0.15, -0.1) is 11.3 Å². The Morgan fingerprint density at radius 3 is 2.97 bits per heavy atom. The molecule has 1 atom stereocenters. The van der Waals surface area contributed by atoms with Crippen molar-refractivity contribution in [2.45, 2.75) is 39.3 Å². The third-order valence-corrected chi connectivity index (χ3v) is 8.14. The molecule has 1 aliphatic rings. The molecule has 0 saturated heterocycles. The van der Waals surface area contributed by atoms with E-state index in [0.717, 1.165) is 29.7 Å². The molecule has 2 heterocycles. The molecule has 2 aromatic carbocycles. The number of hydrogen-bond acceptors (Lipinski definition) is 7. The van der Waals surface area contributed by atoms with Gasteiger partial charge in [-0.25, -0.2) is 14.8 Å². The van der Waals surface area contributed by atoms with Crippen molar-refractivity contribution in [3.63, 3.8) is 0 Å². The Hall–Kier alpha value is -3.76. The van der Waals surface area contributed by atoms with Crippen LogP contribution in [0, 0.1) is 11.7 Å². The summed E-state index contributed by atoms with van der Waals surface area (Å²) in [7, 11) is 1.48. The summed E-state index contributed by atoms with van der Waals surface area (Å²) in [5, 5.41) is 4.90. The number of nitrogens with one attached hydrogen (secondary N) is 1. The number of ether oxygens (including phenoxy) is 2. The summed E-state index contributed by atoms with van der Waals surface area (Å²) in [5.41, 5.74) is 4.19. The molecule has 202 valence electrons. The van der Waals surface area contributed by atoms with Gasteiger partial charge < -0.3 is 9.47 Å². The van der Waals surface area contributed by atoms with Gasteiger partial charge in [-0.05, 0) is 66.6 Å². The zero-order chi connectivity index (χ0) is 27.5. The quantitative estimate of drug-likeness (QED) is 0.235. The Bertz CT molecular complexity index is 1610. The number of methoxy groups -OCH3 is 1. The predicted octanol–water partition coefficient (Wildman–Crippen LogP) is 5.11. The Kier molecular flexibility index (Phi) is 7.94. The number of carbonyl (C=O) groups is 1. The van der Waals surface area contributed by atoms with E-state index in [-0.39, 0.29) is 29.3 Å². The predicted molar refractivity (Wildman–Crippen MR) is 150 cm³/mol. The van der Waals surface area contributed by atoms with Crippen molar-refractivity contribution < 1.29 is 18.7 Å². The first-order valence-electron chi connectivity index (χ1n) is 12.4. The lowest BCUT2D eigenvalue weighted by molar-refractivity contribution is -0.121. The van der Waals surface area contributed by atoms with E-state index in [1.165, 1.54) is 41.2 Å². The minimum atomic E-state index is -0.457. The molecular weight excluding hydrogens is 543 g/mol. The van der Waals surface area contributed by atoms with Gasteiger partial charge >= 0.3 is 0 Å². The number of fused-ring (bicyclic) bond motifs is 3. The SMILES string of the molecule is COc1cc(/C=N/NC(=O)Cn2cnc3sc4c(c3c2=O)CCC(C)C4)ccc1OCc1c(F)cccc1Cl. The fraction of sp³-hybridized carbons (Fsp3) is 0.286. The number of hydrazone groups is 1. The van der Waals surface area contributed by atoms with Gasteiger partial charge in [0.25, 0.3) is 11.5 Å². The average Bonchev–Trinajstić information content (AvgIpc) is 3.28. The Morgan fingerprint density at radius 1 is 1.33 bits per heavy atom. The van der Waals surface area contributed by atoms with Crippen molar-refractivity contribution in [2.24, 2.45) is 11.0 Å². The van der Waals surface area contributed by atoms with Crippen molar-refractivity contribution >= 4 is 45.3 Å². The third kappa shape index (κ3) is 5.81. The van der Waals surface area contributed by atoms with Crippen LogP contribution in [0.15, 0.2) is 52.6 Å². The molecule has 0 saturated carbocycles. The maximum absolute atomic E-state index is 14.0. The first-order valence-corrected chi connectivity index (χ1v) is 13.6. The first-order chi connectivity index (χ1) is 18.8. The molecule has 0 aliphatic heterocycles. The first kappa shape index (κ1) is 26.8. The monoisotopic (exact) mass is 568 g/mol. The Labute approximate surface area is 233 Å². The molecule has 1 N–H and O–H groups in total. The van der Waals surface area contributed by atoms with Gasteiger partial charge in [-0.1, -0.05) is 24.6 Å². The number of carbonyl (C=O) groups excluding carboxylic acids is 1. The van der Waals surface area contributed by atoms with Gasteiger partial charge in [0, 0.05) is 10.4 Å². The van der Waals surface area contributed by atoms with Crippen LogP contribution in [0.5, 0.6) is 11.5 Å². The molecule has 8 nitrogen and oxygen atoms in total. The standard InChI is InChI=1S/C28H26ClFN4O4S/c1-16-6-8-18-24(10-16)39-27-26(18)28(36)34(15-31-27)13-25(35)33-32-12-17-7-9-22(23(11-17)37-2)38-14-19-20(29)4-3-5-21(19)30/h3-5,7,9,11-12,15-16H,6,8,10,13-14H2,1-2H3,(H,33,35)/b32-12+. The zero-order valence-corrected chi connectivity index (χ0v) is 22.9. The van der Waals surface area contributed by atoms with Crippen LogP contribution in [-0.2, 0) is 30.8 Å². The highest BCUT2D eigenvalue weighted by molar-refractivity contribution is 7.18. The van der Waals surface area contributed by atoms with Gasteiger partial charge in [0.15, 0.2) is 11.5 Å². The lowest BCUT2D eigenvalue weighted by Gasteiger charge is -2.17. The number of hydrogen-bond donors (Lipinski definition) is 1. The molecular formula is C28H26ClFN4O4S. The highest BCUT2D eigenvalue weighted by atomic mass is 35.5. The van der Waals surface area contributed by atoms with E-state index in [2.05, 4.69) is 22.4 Å². The number of aryl methyl sites for hydroxylation is 1. The summed E-state index contributed by atoms with van der Waals surface area (Å²) in [4.78, 5) is 32.0. The average molecular weight is 569 g/mol. The second-order valence-corrected chi connectivity index (χ2v) is 10.9. The van der Waals surface area contributed by atoms with E-state index in [0.29, 0.717) is 28.4 Å². The molecule has 2 aromatic heterocycles. The van der Waals surface area contributed by atoms with Gasteiger partial charge in [-0.3, -0.25) is 14.2 Å². The topological polar surface area (TPSA) is 94.8 Å². The molecule has 0 fully saturated rings. The molecule has 5 rings (SSSR count). The normalized spacial score (nSPS) is 14.9. The van der Waals surface area contributed by atoms with Crippen molar-refractivity contribution in [3.05, 3.63) is 85.5 Å². The second-order valence-electron chi connectivity index (χ2n) is 9.40. The van der Waals surface area contributed by atoms with Crippen molar-refractivity contribution in [2.75, 3.05) is 7.11 Å².